The Kier molecular flexibility index (Phi) is 7.97. The van der Waals surface area contributed by atoms with Crippen molar-refractivity contribution in [3.8, 4) is 0 Å². The standard InChI is InChI=1S/C17H35N/c1-5-11-18-17(13-14(6-2)7-3)16-10-9-15(8-4)12-16/h14-18H,5-13H2,1-4H3. The maximum Gasteiger partial charge on any atom is 0.00980 e. The van der Waals surface area contributed by atoms with E-state index in [-0.39, 0.29) is 0 Å². The van der Waals surface area contributed by atoms with Crippen LogP contribution in [0.3, 0.4) is 0 Å². The first kappa shape index (κ1) is 16.0. The molecule has 0 aromatic heterocycles. The molecule has 1 rings (SSSR count). The van der Waals surface area contributed by atoms with Gasteiger partial charge in [-0.05, 0) is 50.0 Å². The third-order valence-electron chi connectivity index (χ3n) is 5.13. The summed E-state index contributed by atoms with van der Waals surface area (Å²) in [6, 6.07) is 0.798. The number of hydrogen-bond acceptors (Lipinski definition) is 1. The first-order chi connectivity index (χ1) is 8.74. The molecule has 0 aliphatic heterocycles. The second kappa shape index (κ2) is 8.96. The zero-order valence-corrected chi connectivity index (χ0v) is 13.2. The minimum atomic E-state index is 0.798. The fraction of sp³-hybridized carbons (Fsp3) is 1.00. The normalized spacial score (nSPS) is 25.8. The summed E-state index contributed by atoms with van der Waals surface area (Å²) < 4.78 is 0. The highest BCUT2D eigenvalue weighted by molar-refractivity contribution is 4.85. The predicted octanol–water partition coefficient (Wildman–Crippen LogP) is 5.01. The van der Waals surface area contributed by atoms with Gasteiger partial charge in [-0.25, -0.2) is 0 Å². The highest BCUT2D eigenvalue weighted by atomic mass is 14.9. The number of rotatable bonds is 9. The molecule has 18 heavy (non-hydrogen) atoms. The molecule has 0 aromatic rings. The van der Waals surface area contributed by atoms with Crippen LogP contribution in [0.15, 0.2) is 0 Å². The van der Waals surface area contributed by atoms with Gasteiger partial charge in [0.2, 0.25) is 0 Å². The van der Waals surface area contributed by atoms with Crippen molar-refractivity contribution in [1.29, 1.82) is 0 Å². The van der Waals surface area contributed by atoms with Crippen LogP contribution in [0.4, 0.5) is 0 Å². The highest BCUT2D eigenvalue weighted by Gasteiger charge is 2.30. The van der Waals surface area contributed by atoms with Gasteiger partial charge in [-0.3, -0.25) is 0 Å². The average Bonchev–Trinajstić information content (AvgIpc) is 2.88. The van der Waals surface area contributed by atoms with Gasteiger partial charge < -0.3 is 5.32 Å². The van der Waals surface area contributed by atoms with Crippen LogP contribution in [0.1, 0.15) is 79.1 Å². The van der Waals surface area contributed by atoms with Gasteiger partial charge in [0.15, 0.2) is 0 Å². The van der Waals surface area contributed by atoms with Crippen LogP contribution in [0, 0.1) is 17.8 Å². The molecule has 0 amide bonds. The summed E-state index contributed by atoms with van der Waals surface area (Å²) in [6.07, 6.45) is 11.2. The van der Waals surface area contributed by atoms with Crippen molar-refractivity contribution in [1.82, 2.24) is 5.32 Å². The molecule has 3 atom stereocenters. The zero-order chi connectivity index (χ0) is 13.4. The second-order valence-electron chi connectivity index (χ2n) is 6.33. The molecule has 0 bridgehead atoms. The Bertz CT molecular complexity index is 198. The fourth-order valence-electron chi connectivity index (χ4n) is 3.60. The molecular formula is C17H35N. The molecule has 0 aromatic carbocycles. The summed E-state index contributed by atoms with van der Waals surface area (Å²) in [5.74, 6) is 2.91. The second-order valence-corrected chi connectivity index (χ2v) is 6.33. The highest BCUT2D eigenvalue weighted by Crippen LogP contribution is 2.37. The Morgan fingerprint density at radius 2 is 1.78 bits per heavy atom. The molecule has 0 spiro atoms. The van der Waals surface area contributed by atoms with Gasteiger partial charge in [-0.1, -0.05) is 53.4 Å². The van der Waals surface area contributed by atoms with Gasteiger partial charge in [0.25, 0.3) is 0 Å². The topological polar surface area (TPSA) is 12.0 Å². The monoisotopic (exact) mass is 253 g/mol. The van der Waals surface area contributed by atoms with Gasteiger partial charge in [0.1, 0.15) is 0 Å². The van der Waals surface area contributed by atoms with Crippen LogP contribution < -0.4 is 5.32 Å². The van der Waals surface area contributed by atoms with Crippen molar-refractivity contribution in [3.63, 3.8) is 0 Å². The molecule has 1 aliphatic rings. The number of hydrogen-bond donors (Lipinski definition) is 1. The first-order valence-corrected chi connectivity index (χ1v) is 8.48. The van der Waals surface area contributed by atoms with Crippen molar-refractivity contribution in [2.75, 3.05) is 6.54 Å². The third-order valence-corrected chi connectivity index (χ3v) is 5.13. The Balaban J connectivity index is 2.49. The van der Waals surface area contributed by atoms with Crippen molar-refractivity contribution in [3.05, 3.63) is 0 Å². The first-order valence-electron chi connectivity index (χ1n) is 8.48. The van der Waals surface area contributed by atoms with E-state index in [1.807, 2.05) is 0 Å². The summed E-state index contributed by atoms with van der Waals surface area (Å²) in [5.41, 5.74) is 0. The molecular weight excluding hydrogens is 218 g/mol. The Hall–Kier alpha value is -0.0400. The summed E-state index contributed by atoms with van der Waals surface area (Å²) >= 11 is 0. The largest absolute Gasteiger partial charge is 0.314 e. The van der Waals surface area contributed by atoms with Crippen molar-refractivity contribution < 1.29 is 0 Å². The lowest BCUT2D eigenvalue weighted by Crippen LogP contribution is -2.37. The molecule has 1 aliphatic carbocycles. The third kappa shape index (κ3) is 4.91. The van der Waals surface area contributed by atoms with Crippen LogP contribution in [-0.2, 0) is 0 Å². The van der Waals surface area contributed by atoms with E-state index in [0.29, 0.717) is 0 Å². The Morgan fingerprint density at radius 1 is 1.06 bits per heavy atom. The van der Waals surface area contributed by atoms with E-state index in [1.165, 1.54) is 57.9 Å². The molecule has 1 fully saturated rings. The molecule has 1 saturated carbocycles. The van der Waals surface area contributed by atoms with Crippen LogP contribution in [0.25, 0.3) is 0 Å². The fourth-order valence-corrected chi connectivity index (χ4v) is 3.60. The van der Waals surface area contributed by atoms with E-state index >= 15 is 0 Å². The van der Waals surface area contributed by atoms with E-state index in [4.69, 9.17) is 0 Å². The maximum atomic E-state index is 3.86. The van der Waals surface area contributed by atoms with Gasteiger partial charge in [0, 0.05) is 6.04 Å². The predicted molar refractivity (Wildman–Crippen MR) is 81.9 cm³/mol. The van der Waals surface area contributed by atoms with Crippen LogP contribution in [-0.4, -0.2) is 12.6 Å². The van der Waals surface area contributed by atoms with Crippen molar-refractivity contribution >= 4 is 0 Å². The average molecular weight is 253 g/mol. The zero-order valence-electron chi connectivity index (χ0n) is 13.2. The minimum Gasteiger partial charge on any atom is -0.314 e. The van der Waals surface area contributed by atoms with Gasteiger partial charge in [0.05, 0.1) is 0 Å². The molecule has 0 radical (unpaired) electrons. The lowest BCUT2D eigenvalue weighted by Gasteiger charge is -2.28. The quantitative estimate of drug-likeness (QED) is 0.609. The summed E-state index contributed by atoms with van der Waals surface area (Å²) in [5, 5.41) is 3.86. The molecule has 1 N–H and O–H groups in total. The Labute approximate surface area is 115 Å². The Morgan fingerprint density at radius 3 is 2.28 bits per heavy atom. The van der Waals surface area contributed by atoms with Crippen LogP contribution in [0.2, 0.25) is 0 Å². The smallest absolute Gasteiger partial charge is 0.00980 e. The molecule has 1 nitrogen and oxygen atoms in total. The molecule has 0 saturated heterocycles. The van der Waals surface area contributed by atoms with Gasteiger partial charge >= 0.3 is 0 Å². The summed E-state index contributed by atoms with van der Waals surface area (Å²) in [7, 11) is 0. The van der Waals surface area contributed by atoms with E-state index in [9.17, 15) is 0 Å². The minimum absolute atomic E-state index is 0.798. The van der Waals surface area contributed by atoms with E-state index in [1.54, 1.807) is 0 Å². The van der Waals surface area contributed by atoms with E-state index in [2.05, 4.69) is 33.0 Å². The van der Waals surface area contributed by atoms with Crippen LogP contribution in [0.5, 0.6) is 0 Å². The number of nitrogens with one attached hydrogen (secondary N) is 1. The SMILES string of the molecule is CCCNC(CC(CC)CC)C1CCC(CC)C1. The lowest BCUT2D eigenvalue weighted by molar-refractivity contribution is 0.278. The van der Waals surface area contributed by atoms with Crippen LogP contribution >= 0.6 is 0 Å². The van der Waals surface area contributed by atoms with Gasteiger partial charge in [-0.15, -0.1) is 0 Å². The molecule has 1 heteroatoms. The van der Waals surface area contributed by atoms with E-state index < -0.39 is 0 Å². The summed E-state index contributed by atoms with van der Waals surface area (Å²) in [4.78, 5) is 0. The molecule has 108 valence electrons. The van der Waals surface area contributed by atoms with Crippen molar-refractivity contribution in [2.45, 2.75) is 85.1 Å². The van der Waals surface area contributed by atoms with E-state index in [0.717, 1.165) is 23.8 Å². The lowest BCUT2D eigenvalue weighted by atomic mass is 9.86. The molecule has 0 heterocycles. The summed E-state index contributed by atoms with van der Waals surface area (Å²) in [6.45, 7) is 10.6. The van der Waals surface area contributed by atoms with Gasteiger partial charge in [-0.2, -0.15) is 0 Å². The maximum absolute atomic E-state index is 3.86. The van der Waals surface area contributed by atoms with Crippen molar-refractivity contribution in [2.24, 2.45) is 17.8 Å². The molecule has 3 unspecified atom stereocenters.